The molecule has 0 saturated carbocycles. The number of likely N-dealkylation sites (tertiary alicyclic amines) is 2. The minimum atomic E-state index is -5.82. The van der Waals surface area contributed by atoms with Gasteiger partial charge >= 0.3 is 30.6 Å². The van der Waals surface area contributed by atoms with Crippen LogP contribution >= 0.6 is 0 Å². The Morgan fingerprint density at radius 2 is 1.50 bits per heavy atom. The number of benzene rings is 1. The van der Waals surface area contributed by atoms with Gasteiger partial charge < -0.3 is 19.6 Å². The van der Waals surface area contributed by atoms with Crippen LogP contribution in [0.15, 0.2) is 18.2 Å². The maximum Gasteiger partial charge on any atom is 0.434 e. The molecule has 4 rings (SSSR count). The summed E-state index contributed by atoms with van der Waals surface area (Å²) in [5.41, 5.74) is -0.485. The number of nitrogens with zero attached hydrogens (tertiary/aromatic N) is 3. The van der Waals surface area contributed by atoms with Crippen molar-refractivity contribution in [3.63, 3.8) is 0 Å². The van der Waals surface area contributed by atoms with Crippen LogP contribution in [0.3, 0.4) is 0 Å². The molecule has 1 amide bonds. The molecule has 3 fully saturated rings. The Balaban J connectivity index is 1.48. The number of alkyl halides is 9. The number of aliphatic carboxylic acids is 1. The number of carboxylic acids is 1. The molecule has 42 heavy (non-hydrogen) atoms. The molecular weight excluding hydrogens is 589 g/mol. The molecule has 1 aromatic rings. The van der Waals surface area contributed by atoms with Gasteiger partial charge in [0.25, 0.3) is 6.10 Å². The summed E-state index contributed by atoms with van der Waals surface area (Å²) in [6.45, 7) is 0.979. The van der Waals surface area contributed by atoms with E-state index in [1.54, 1.807) is 4.90 Å². The molecular formula is C26H30F9N3O4. The number of carbonyl (C=O) groups excluding carboxylic acids is 1. The second-order valence-corrected chi connectivity index (χ2v) is 11.0. The fourth-order valence-corrected chi connectivity index (χ4v) is 6.15. The van der Waals surface area contributed by atoms with Crippen molar-refractivity contribution >= 4 is 17.7 Å². The number of hydrogen-bond acceptors (Lipinski definition) is 5. The van der Waals surface area contributed by atoms with Gasteiger partial charge in [-0.15, -0.1) is 0 Å². The molecule has 0 atom stereocenters. The first-order valence-corrected chi connectivity index (χ1v) is 13.4. The van der Waals surface area contributed by atoms with Crippen molar-refractivity contribution in [2.75, 3.05) is 37.6 Å². The van der Waals surface area contributed by atoms with Crippen LogP contribution < -0.4 is 4.90 Å². The SMILES string of the molecule is O=C(O)C1CCN(c2cc(C(F)(F)F)ccc2CN2CCCC23CCN(C(=O)OC(C(F)(F)F)C(F)(F)F)CC3)CC1. The molecule has 1 aromatic carbocycles. The molecule has 3 saturated heterocycles. The number of carbonyl (C=O) groups is 2. The number of carboxylic acid groups (broad SMARTS) is 1. The van der Waals surface area contributed by atoms with Crippen molar-refractivity contribution < 1.29 is 58.9 Å². The summed E-state index contributed by atoms with van der Waals surface area (Å²) in [5.74, 6) is -1.54. The van der Waals surface area contributed by atoms with Crippen molar-refractivity contribution in [2.24, 2.45) is 5.92 Å². The first kappa shape index (κ1) is 32.0. The number of amides is 1. The third-order valence-corrected chi connectivity index (χ3v) is 8.47. The molecule has 1 spiro atoms. The van der Waals surface area contributed by atoms with Crippen LogP contribution in [-0.4, -0.2) is 83.7 Å². The Labute approximate surface area is 235 Å². The zero-order valence-electron chi connectivity index (χ0n) is 22.3. The van der Waals surface area contributed by atoms with Crippen molar-refractivity contribution in [1.29, 1.82) is 0 Å². The monoisotopic (exact) mass is 619 g/mol. The van der Waals surface area contributed by atoms with Crippen LogP contribution in [0.1, 0.15) is 49.7 Å². The first-order valence-electron chi connectivity index (χ1n) is 13.4. The number of piperidine rings is 2. The number of ether oxygens (including phenoxy) is 1. The summed E-state index contributed by atoms with van der Waals surface area (Å²) < 4.78 is 122. The highest BCUT2D eigenvalue weighted by atomic mass is 19.4. The van der Waals surface area contributed by atoms with Gasteiger partial charge in [0, 0.05) is 44.0 Å². The van der Waals surface area contributed by atoms with Crippen LogP contribution in [0.4, 0.5) is 50.0 Å². The van der Waals surface area contributed by atoms with E-state index in [4.69, 9.17) is 0 Å². The second kappa shape index (κ2) is 11.6. The van der Waals surface area contributed by atoms with Gasteiger partial charge in [-0.2, -0.15) is 39.5 Å². The fourth-order valence-electron chi connectivity index (χ4n) is 6.15. The quantitative estimate of drug-likeness (QED) is 0.404. The van der Waals surface area contributed by atoms with E-state index < -0.39 is 53.7 Å². The molecule has 7 nitrogen and oxygen atoms in total. The molecule has 1 N–H and O–H groups in total. The average molecular weight is 620 g/mol. The van der Waals surface area contributed by atoms with Gasteiger partial charge in [0.2, 0.25) is 0 Å². The Bertz CT molecular complexity index is 1130. The molecule has 0 radical (unpaired) electrons. The van der Waals surface area contributed by atoms with Gasteiger partial charge in [-0.3, -0.25) is 9.69 Å². The summed E-state index contributed by atoms with van der Waals surface area (Å²) in [5, 5.41) is 9.29. The third-order valence-electron chi connectivity index (χ3n) is 8.47. The van der Waals surface area contributed by atoms with Crippen molar-refractivity contribution in [3.05, 3.63) is 29.3 Å². The second-order valence-electron chi connectivity index (χ2n) is 11.0. The zero-order valence-corrected chi connectivity index (χ0v) is 22.3. The summed E-state index contributed by atoms with van der Waals surface area (Å²) in [6, 6.07) is 3.41. The highest BCUT2D eigenvalue weighted by Gasteiger charge is 2.60. The predicted octanol–water partition coefficient (Wildman–Crippen LogP) is 6.07. The topological polar surface area (TPSA) is 73.3 Å². The zero-order chi connectivity index (χ0) is 31.1. The minimum absolute atomic E-state index is 0.152. The van der Waals surface area contributed by atoms with Crippen molar-refractivity contribution in [1.82, 2.24) is 9.80 Å². The number of rotatable bonds is 5. The Morgan fingerprint density at radius 3 is 2.02 bits per heavy atom. The van der Waals surface area contributed by atoms with E-state index in [-0.39, 0.29) is 58.4 Å². The van der Waals surface area contributed by atoms with Gasteiger partial charge in [-0.25, -0.2) is 4.79 Å². The molecule has 3 aliphatic rings. The molecule has 0 aliphatic carbocycles. The maximum atomic E-state index is 13.6. The molecule has 0 aromatic heterocycles. The lowest BCUT2D eigenvalue weighted by Gasteiger charge is -2.45. The standard InChI is InChI=1S/C26H30F9N3O4/c27-24(28,29)18-3-2-17(19(14-18)36-10-4-16(5-11-36)20(39)40)15-38-9-1-6-23(38)7-12-37(13-8-23)22(41)42-21(25(30,31)32)26(33,34)35/h2-3,14,16,21H,1,4-13,15H2,(H,39,40). The normalized spacial score (nSPS) is 20.9. The summed E-state index contributed by atoms with van der Waals surface area (Å²) in [6.07, 6.45) is -19.9. The van der Waals surface area contributed by atoms with Gasteiger partial charge in [-0.05, 0) is 62.8 Å². The Kier molecular flexibility index (Phi) is 8.87. The van der Waals surface area contributed by atoms with Crippen LogP contribution in [0.25, 0.3) is 0 Å². The van der Waals surface area contributed by atoms with Gasteiger partial charge in [-0.1, -0.05) is 6.07 Å². The molecule has 16 heteroatoms. The van der Waals surface area contributed by atoms with Gasteiger partial charge in [0.1, 0.15) is 0 Å². The Morgan fingerprint density at radius 1 is 0.905 bits per heavy atom. The van der Waals surface area contributed by atoms with Crippen LogP contribution in [0.2, 0.25) is 0 Å². The minimum Gasteiger partial charge on any atom is -0.481 e. The third kappa shape index (κ3) is 7.00. The summed E-state index contributed by atoms with van der Waals surface area (Å²) >= 11 is 0. The lowest BCUT2D eigenvalue weighted by Crippen LogP contribution is -2.54. The van der Waals surface area contributed by atoms with Crippen LogP contribution in [0.5, 0.6) is 0 Å². The van der Waals surface area contributed by atoms with Crippen molar-refractivity contribution in [3.8, 4) is 0 Å². The Hall–Kier alpha value is -2.91. The predicted molar refractivity (Wildman–Crippen MR) is 130 cm³/mol. The largest absolute Gasteiger partial charge is 0.481 e. The van der Waals surface area contributed by atoms with Crippen LogP contribution in [0, 0.1) is 5.92 Å². The fraction of sp³-hybridized carbons (Fsp3) is 0.692. The molecule has 236 valence electrons. The van der Waals surface area contributed by atoms with E-state index in [1.165, 1.54) is 6.07 Å². The number of hydrogen-bond donors (Lipinski definition) is 1. The molecule has 3 aliphatic heterocycles. The average Bonchev–Trinajstić information content (AvgIpc) is 3.26. The first-order chi connectivity index (χ1) is 19.4. The summed E-state index contributed by atoms with van der Waals surface area (Å²) in [4.78, 5) is 28.2. The van der Waals surface area contributed by atoms with Gasteiger partial charge in [0.05, 0.1) is 11.5 Å². The lowest BCUT2D eigenvalue weighted by molar-refractivity contribution is -0.308. The highest BCUT2D eigenvalue weighted by Crippen LogP contribution is 2.42. The van der Waals surface area contributed by atoms with E-state index in [0.717, 1.165) is 17.0 Å². The lowest BCUT2D eigenvalue weighted by atomic mass is 9.84. The van der Waals surface area contributed by atoms with Crippen molar-refractivity contribution in [2.45, 2.75) is 75.2 Å². The van der Waals surface area contributed by atoms with E-state index in [0.29, 0.717) is 30.6 Å². The molecule has 0 unspecified atom stereocenters. The van der Waals surface area contributed by atoms with E-state index >= 15 is 0 Å². The number of anilines is 1. The summed E-state index contributed by atoms with van der Waals surface area (Å²) in [7, 11) is 0. The van der Waals surface area contributed by atoms with E-state index in [1.807, 2.05) is 4.90 Å². The van der Waals surface area contributed by atoms with Crippen LogP contribution in [-0.2, 0) is 22.3 Å². The molecule has 0 bridgehead atoms. The highest BCUT2D eigenvalue weighted by molar-refractivity contribution is 5.70. The molecule has 3 heterocycles. The van der Waals surface area contributed by atoms with E-state index in [9.17, 15) is 54.2 Å². The number of halogens is 9. The maximum absolute atomic E-state index is 13.6. The van der Waals surface area contributed by atoms with E-state index in [2.05, 4.69) is 4.74 Å². The van der Waals surface area contributed by atoms with Gasteiger partial charge in [0.15, 0.2) is 0 Å². The smallest absolute Gasteiger partial charge is 0.434 e.